The molecule has 0 aliphatic carbocycles. The Labute approximate surface area is 136 Å². The molecule has 0 saturated heterocycles. The Morgan fingerprint density at radius 1 is 1.32 bits per heavy atom. The summed E-state index contributed by atoms with van der Waals surface area (Å²) in [4.78, 5) is 11.8. The molecule has 0 heterocycles. The second-order valence-electron chi connectivity index (χ2n) is 4.52. The van der Waals surface area contributed by atoms with E-state index >= 15 is 0 Å². The summed E-state index contributed by atoms with van der Waals surface area (Å²) in [5.41, 5.74) is 3.78. The van der Waals surface area contributed by atoms with E-state index in [1.165, 1.54) is 19.4 Å². The number of hydrogen-bond acceptors (Lipinski definition) is 4. The zero-order valence-corrected chi connectivity index (χ0v) is 13.5. The van der Waals surface area contributed by atoms with E-state index in [4.69, 9.17) is 4.74 Å². The van der Waals surface area contributed by atoms with Gasteiger partial charge < -0.3 is 9.84 Å². The van der Waals surface area contributed by atoms with Gasteiger partial charge in [0, 0.05) is 10.0 Å². The zero-order chi connectivity index (χ0) is 15.9. The molecule has 114 valence electrons. The quantitative estimate of drug-likeness (QED) is 0.634. The van der Waals surface area contributed by atoms with E-state index in [-0.39, 0.29) is 18.1 Å². The lowest BCUT2D eigenvalue weighted by Crippen LogP contribution is -2.19. The van der Waals surface area contributed by atoms with Crippen molar-refractivity contribution in [1.82, 2.24) is 5.43 Å². The van der Waals surface area contributed by atoms with Crippen molar-refractivity contribution >= 4 is 28.1 Å². The molecule has 2 N–H and O–H groups in total. The summed E-state index contributed by atoms with van der Waals surface area (Å²) in [5, 5.41) is 13.5. The SMILES string of the molecule is COc1ccc(O)c(/C=N/NC(=O)Cc2ccc(Br)cc2)c1. The first-order valence-corrected chi connectivity index (χ1v) is 7.31. The number of phenols is 1. The van der Waals surface area contributed by atoms with Gasteiger partial charge in [0.2, 0.25) is 5.91 Å². The van der Waals surface area contributed by atoms with Crippen molar-refractivity contribution in [1.29, 1.82) is 0 Å². The van der Waals surface area contributed by atoms with Gasteiger partial charge in [-0.2, -0.15) is 5.10 Å². The molecule has 0 fully saturated rings. The first-order valence-electron chi connectivity index (χ1n) is 6.52. The number of phenolic OH excluding ortho intramolecular Hbond substituents is 1. The second kappa shape index (κ2) is 7.61. The number of carbonyl (C=O) groups is 1. The van der Waals surface area contributed by atoms with Gasteiger partial charge >= 0.3 is 0 Å². The van der Waals surface area contributed by atoms with Crippen LogP contribution < -0.4 is 10.2 Å². The monoisotopic (exact) mass is 362 g/mol. The Hall–Kier alpha value is -2.34. The van der Waals surface area contributed by atoms with Gasteiger partial charge in [-0.3, -0.25) is 4.79 Å². The van der Waals surface area contributed by atoms with Gasteiger partial charge in [0.1, 0.15) is 11.5 Å². The van der Waals surface area contributed by atoms with Crippen LogP contribution in [-0.4, -0.2) is 24.3 Å². The number of carbonyl (C=O) groups excluding carboxylic acids is 1. The predicted octanol–water partition coefficient (Wildman–Crippen LogP) is 2.86. The smallest absolute Gasteiger partial charge is 0.244 e. The van der Waals surface area contributed by atoms with Gasteiger partial charge in [0.25, 0.3) is 0 Å². The van der Waals surface area contributed by atoms with Gasteiger partial charge in [0.15, 0.2) is 0 Å². The first-order chi connectivity index (χ1) is 10.6. The number of amides is 1. The van der Waals surface area contributed by atoms with Crippen LogP contribution in [0.25, 0.3) is 0 Å². The van der Waals surface area contributed by atoms with Crippen LogP contribution >= 0.6 is 15.9 Å². The first kappa shape index (κ1) is 16.0. The summed E-state index contributed by atoms with van der Waals surface area (Å²) in [6.45, 7) is 0. The fourth-order valence-electron chi connectivity index (χ4n) is 1.76. The maximum absolute atomic E-state index is 11.8. The van der Waals surface area contributed by atoms with Crippen LogP contribution in [-0.2, 0) is 11.2 Å². The Bertz CT molecular complexity index is 684. The fourth-order valence-corrected chi connectivity index (χ4v) is 2.03. The normalized spacial score (nSPS) is 10.6. The summed E-state index contributed by atoms with van der Waals surface area (Å²) in [5.74, 6) is 0.424. The minimum Gasteiger partial charge on any atom is -0.507 e. The van der Waals surface area contributed by atoms with E-state index < -0.39 is 0 Å². The minimum absolute atomic E-state index is 0.0618. The average molecular weight is 363 g/mol. The highest BCUT2D eigenvalue weighted by molar-refractivity contribution is 9.10. The molecule has 2 rings (SSSR count). The molecule has 0 aromatic heterocycles. The number of methoxy groups -OCH3 is 1. The van der Waals surface area contributed by atoms with Gasteiger partial charge in [-0.1, -0.05) is 28.1 Å². The molecule has 0 radical (unpaired) electrons. The molecule has 5 nitrogen and oxygen atoms in total. The van der Waals surface area contributed by atoms with Crippen molar-refractivity contribution in [3.8, 4) is 11.5 Å². The summed E-state index contributed by atoms with van der Waals surface area (Å²) in [6, 6.07) is 12.2. The molecule has 1 amide bonds. The third-order valence-electron chi connectivity index (χ3n) is 2.91. The van der Waals surface area contributed by atoms with Crippen molar-refractivity contribution in [2.45, 2.75) is 6.42 Å². The summed E-state index contributed by atoms with van der Waals surface area (Å²) >= 11 is 3.34. The second-order valence-corrected chi connectivity index (χ2v) is 5.44. The summed E-state index contributed by atoms with van der Waals surface area (Å²) < 4.78 is 6.02. The van der Waals surface area contributed by atoms with Crippen LogP contribution in [0, 0.1) is 0 Å². The molecule has 0 unspecified atom stereocenters. The molecule has 22 heavy (non-hydrogen) atoms. The maximum Gasteiger partial charge on any atom is 0.244 e. The zero-order valence-electron chi connectivity index (χ0n) is 11.9. The van der Waals surface area contributed by atoms with Crippen molar-refractivity contribution in [3.05, 3.63) is 58.1 Å². The average Bonchev–Trinajstić information content (AvgIpc) is 2.51. The van der Waals surface area contributed by atoms with E-state index in [1.54, 1.807) is 12.1 Å². The van der Waals surface area contributed by atoms with Gasteiger partial charge in [-0.25, -0.2) is 5.43 Å². The van der Waals surface area contributed by atoms with E-state index in [2.05, 4.69) is 26.5 Å². The highest BCUT2D eigenvalue weighted by atomic mass is 79.9. The number of hydrazone groups is 1. The molecule has 0 aliphatic heterocycles. The van der Waals surface area contributed by atoms with E-state index in [0.29, 0.717) is 11.3 Å². The molecular formula is C16H15BrN2O3. The Kier molecular flexibility index (Phi) is 5.55. The topological polar surface area (TPSA) is 70.9 Å². The molecule has 2 aromatic rings. The maximum atomic E-state index is 11.8. The molecule has 0 bridgehead atoms. The molecular weight excluding hydrogens is 348 g/mol. The predicted molar refractivity (Wildman–Crippen MR) is 88.2 cm³/mol. The van der Waals surface area contributed by atoms with E-state index in [9.17, 15) is 9.90 Å². The van der Waals surface area contributed by atoms with Crippen LogP contribution in [0.1, 0.15) is 11.1 Å². The van der Waals surface area contributed by atoms with E-state index in [0.717, 1.165) is 10.0 Å². The molecule has 0 spiro atoms. The largest absolute Gasteiger partial charge is 0.507 e. The van der Waals surface area contributed by atoms with Gasteiger partial charge in [0.05, 0.1) is 19.7 Å². The minimum atomic E-state index is -0.235. The highest BCUT2D eigenvalue weighted by Gasteiger charge is 2.03. The van der Waals surface area contributed by atoms with Crippen LogP contribution in [0.2, 0.25) is 0 Å². The summed E-state index contributed by atoms with van der Waals surface area (Å²) in [6.07, 6.45) is 1.60. The number of benzene rings is 2. The molecule has 0 aliphatic rings. The fraction of sp³-hybridized carbons (Fsp3) is 0.125. The van der Waals surface area contributed by atoms with Gasteiger partial charge in [-0.15, -0.1) is 0 Å². The molecule has 0 atom stereocenters. The number of aromatic hydroxyl groups is 1. The van der Waals surface area contributed by atoms with Crippen molar-refractivity contribution < 1.29 is 14.6 Å². The Morgan fingerprint density at radius 3 is 2.73 bits per heavy atom. The molecule has 2 aromatic carbocycles. The van der Waals surface area contributed by atoms with Crippen LogP contribution in [0.5, 0.6) is 11.5 Å². The number of nitrogens with one attached hydrogen (secondary N) is 1. The molecule has 0 saturated carbocycles. The highest BCUT2D eigenvalue weighted by Crippen LogP contribution is 2.20. The van der Waals surface area contributed by atoms with Crippen molar-refractivity contribution in [2.24, 2.45) is 5.10 Å². The lowest BCUT2D eigenvalue weighted by molar-refractivity contribution is -0.120. The number of nitrogens with zero attached hydrogens (tertiary/aromatic N) is 1. The number of rotatable bonds is 5. The Balaban J connectivity index is 1.94. The number of ether oxygens (including phenoxy) is 1. The lowest BCUT2D eigenvalue weighted by atomic mass is 10.1. The lowest BCUT2D eigenvalue weighted by Gasteiger charge is -2.03. The van der Waals surface area contributed by atoms with E-state index in [1.807, 2.05) is 24.3 Å². The number of hydrogen-bond donors (Lipinski definition) is 2. The third kappa shape index (κ3) is 4.60. The third-order valence-corrected chi connectivity index (χ3v) is 3.43. The van der Waals surface area contributed by atoms with Crippen LogP contribution in [0.3, 0.4) is 0 Å². The van der Waals surface area contributed by atoms with Crippen molar-refractivity contribution in [3.63, 3.8) is 0 Å². The Morgan fingerprint density at radius 2 is 2.05 bits per heavy atom. The molecule has 6 heteroatoms. The van der Waals surface area contributed by atoms with Crippen LogP contribution in [0.15, 0.2) is 52.0 Å². The van der Waals surface area contributed by atoms with Crippen molar-refractivity contribution in [2.75, 3.05) is 7.11 Å². The standard InChI is InChI=1S/C16H15BrN2O3/c1-22-14-6-7-15(20)12(9-14)10-18-19-16(21)8-11-2-4-13(17)5-3-11/h2-7,9-10,20H,8H2,1H3,(H,19,21)/b18-10+. The number of halogens is 1. The summed E-state index contributed by atoms with van der Waals surface area (Å²) in [7, 11) is 1.54. The van der Waals surface area contributed by atoms with Gasteiger partial charge in [-0.05, 0) is 35.9 Å². The van der Waals surface area contributed by atoms with Crippen LogP contribution in [0.4, 0.5) is 0 Å².